The third-order valence-corrected chi connectivity index (χ3v) is 5.27. The first-order valence-electron chi connectivity index (χ1n) is 6.49. The molecule has 1 aromatic heterocycles. The molecule has 7 nitrogen and oxygen atoms in total. The fourth-order valence-electron chi connectivity index (χ4n) is 2.21. The van der Waals surface area contributed by atoms with Gasteiger partial charge in [0.15, 0.2) is 0 Å². The molecular formula is C11H14F4N4O3S. The molecule has 1 atom stereocenters. The third-order valence-electron chi connectivity index (χ3n) is 3.46. The number of hydrogen-bond donors (Lipinski definition) is 1. The van der Waals surface area contributed by atoms with Gasteiger partial charge in [0.2, 0.25) is 5.72 Å². The van der Waals surface area contributed by atoms with E-state index in [2.05, 4.69) is 10.2 Å². The zero-order chi connectivity index (χ0) is 17.6. The molecule has 0 aliphatic carbocycles. The minimum Gasteiger partial charge on any atom is -0.364 e. The van der Waals surface area contributed by atoms with Crippen LogP contribution in [0.2, 0.25) is 0 Å². The van der Waals surface area contributed by atoms with E-state index in [0.717, 1.165) is 6.20 Å². The molecule has 1 aliphatic rings. The van der Waals surface area contributed by atoms with E-state index in [4.69, 9.17) is 0 Å². The van der Waals surface area contributed by atoms with Crippen molar-refractivity contribution in [3.63, 3.8) is 0 Å². The first-order valence-corrected chi connectivity index (χ1v) is 7.93. The van der Waals surface area contributed by atoms with Crippen molar-refractivity contribution < 1.29 is 31.1 Å². The van der Waals surface area contributed by atoms with Crippen molar-refractivity contribution in [3.05, 3.63) is 11.9 Å². The summed E-state index contributed by atoms with van der Waals surface area (Å²) in [5, 5.41) is 16.7. The Morgan fingerprint density at radius 2 is 2.00 bits per heavy atom. The largest absolute Gasteiger partial charge is 0.364 e. The van der Waals surface area contributed by atoms with Gasteiger partial charge in [0.1, 0.15) is 10.6 Å². The van der Waals surface area contributed by atoms with Gasteiger partial charge in [-0.2, -0.15) is 18.6 Å². The highest BCUT2D eigenvalue weighted by atomic mass is 32.2. The van der Waals surface area contributed by atoms with Crippen molar-refractivity contribution in [3.8, 4) is 0 Å². The molecule has 2 heterocycles. The maximum absolute atomic E-state index is 13.1. The molecule has 0 saturated carbocycles. The molecule has 12 heteroatoms. The van der Waals surface area contributed by atoms with E-state index in [-0.39, 0.29) is 10.1 Å². The Morgan fingerprint density at radius 1 is 1.39 bits per heavy atom. The van der Waals surface area contributed by atoms with Crippen LogP contribution in [0, 0.1) is 6.92 Å². The standard InChI is InChI=1S/C11H14F4N4O3S/c1-3-18-6(2)8(5-16-18)23(21,22)19-11(20,10(14)15)4-7(17-19)9(12)13/h5,9-10,20H,3-4H2,1-2H3/t11-/m0/s1. The molecule has 0 fully saturated rings. The molecule has 23 heavy (non-hydrogen) atoms. The number of aliphatic hydroxyl groups is 1. The Balaban J connectivity index is 2.57. The van der Waals surface area contributed by atoms with Gasteiger partial charge in [0, 0.05) is 13.0 Å². The molecule has 0 saturated heterocycles. The van der Waals surface area contributed by atoms with Gasteiger partial charge in [-0.15, -0.1) is 4.41 Å². The maximum atomic E-state index is 13.1. The summed E-state index contributed by atoms with van der Waals surface area (Å²) in [4.78, 5) is -0.488. The number of rotatable bonds is 5. The minimum atomic E-state index is -4.78. The quantitative estimate of drug-likeness (QED) is 0.801. The highest BCUT2D eigenvalue weighted by Gasteiger charge is 2.56. The van der Waals surface area contributed by atoms with E-state index in [1.165, 1.54) is 11.6 Å². The number of nitrogens with zero attached hydrogens (tertiary/aromatic N) is 4. The molecular weight excluding hydrogens is 344 g/mol. The van der Waals surface area contributed by atoms with Gasteiger partial charge in [-0.1, -0.05) is 0 Å². The Bertz CT molecular complexity index is 734. The van der Waals surface area contributed by atoms with Crippen molar-refractivity contribution in [1.82, 2.24) is 14.2 Å². The van der Waals surface area contributed by atoms with Crippen molar-refractivity contribution in [2.75, 3.05) is 0 Å². The van der Waals surface area contributed by atoms with E-state index in [1.807, 2.05) is 0 Å². The Hall–Kier alpha value is -1.69. The smallest absolute Gasteiger partial charge is 0.288 e. The Morgan fingerprint density at radius 3 is 2.43 bits per heavy atom. The number of hydrazone groups is 1. The second kappa shape index (κ2) is 5.74. The summed E-state index contributed by atoms with van der Waals surface area (Å²) in [5.41, 5.74) is -4.37. The summed E-state index contributed by atoms with van der Waals surface area (Å²) in [6.07, 6.45) is -7.27. The summed E-state index contributed by atoms with van der Waals surface area (Å²) >= 11 is 0. The van der Waals surface area contributed by atoms with E-state index in [1.54, 1.807) is 6.92 Å². The molecule has 0 spiro atoms. The van der Waals surface area contributed by atoms with Crippen LogP contribution >= 0.6 is 0 Å². The van der Waals surface area contributed by atoms with Crippen molar-refractivity contribution in [1.29, 1.82) is 0 Å². The number of halogens is 4. The molecule has 130 valence electrons. The van der Waals surface area contributed by atoms with Crippen LogP contribution in [0.5, 0.6) is 0 Å². The summed E-state index contributed by atoms with van der Waals surface area (Å²) < 4.78 is 77.7. The van der Waals surface area contributed by atoms with E-state index in [0.29, 0.717) is 6.54 Å². The molecule has 1 aromatic rings. The average Bonchev–Trinajstić information content (AvgIpc) is 3.01. The second-order valence-corrected chi connectivity index (χ2v) is 6.64. The number of alkyl halides is 4. The van der Waals surface area contributed by atoms with Crippen LogP contribution in [0.25, 0.3) is 0 Å². The number of aryl methyl sites for hydroxylation is 1. The average molecular weight is 358 g/mol. The van der Waals surface area contributed by atoms with Crippen LogP contribution in [0.3, 0.4) is 0 Å². The van der Waals surface area contributed by atoms with Gasteiger partial charge in [-0.25, -0.2) is 17.6 Å². The van der Waals surface area contributed by atoms with Crippen molar-refractivity contribution in [2.45, 2.75) is 50.3 Å². The first-order chi connectivity index (χ1) is 10.6. The number of sulfonamides is 1. The van der Waals surface area contributed by atoms with Crippen molar-refractivity contribution in [2.24, 2.45) is 5.10 Å². The summed E-state index contributed by atoms with van der Waals surface area (Å²) in [5.74, 6) is 0. The highest BCUT2D eigenvalue weighted by Crippen LogP contribution is 2.37. The highest BCUT2D eigenvalue weighted by molar-refractivity contribution is 7.89. The third kappa shape index (κ3) is 2.69. The molecule has 1 N–H and O–H groups in total. The molecule has 0 aromatic carbocycles. The lowest BCUT2D eigenvalue weighted by molar-refractivity contribution is -0.150. The van der Waals surface area contributed by atoms with E-state index < -0.39 is 45.6 Å². The zero-order valence-corrected chi connectivity index (χ0v) is 12.9. The van der Waals surface area contributed by atoms with Crippen LogP contribution in [0.4, 0.5) is 17.6 Å². The zero-order valence-electron chi connectivity index (χ0n) is 12.1. The summed E-state index contributed by atoms with van der Waals surface area (Å²) in [7, 11) is -4.78. The summed E-state index contributed by atoms with van der Waals surface area (Å²) in [6.45, 7) is 3.36. The van der Waals surface area contributed by atoms with Gasteiger partial charge >= 0.3 is 0 Å². The normalized spacial score (nSPS) is 22.3. The van der Waals surface area contributed by atoms with Crippen LogP contribution in [0.15, 0.2) is 16.2 Å². The van der Waals surface area contributed by atoms with Gasteiger partial charge in [0.05, 0.1) is 11.9 Å². The Kier molecular flexibility index (Phi) is 4.41. The molecule has 0 amide bonds. The lowest BCUT2D eigenvalue weighted by Crippen LogP contribution is -2.51. The monoisotopic (exact) mass is 358 g/mol. The molecule has 2 rings (SSSR count). The molecule has 0 radical (unpaired) electrons. The molecule has 0 unspecified atom stereocenters. The Labute approximate surface area is 129 Å². The van der Waals surface area contributed by atoms with Gasteiger partial charge in [-0.05, 0) is 13.8 Å². The maximum Gasteiger partial charge on any atom is 0.288 e. The van der Waals surface area contributed by atoms with Crippen LogP contribution < -0.4 is 0 Å². The van der Waals surface area contributed by atoms with Crippen LogP contribution in [-0.4, -0.2) is 52.0 Å². The topological polar surface area (TPSA) is 87.8 Å². The van der Waals surface area contributed by atoms with E-state index in [9.17, 15) is 31.1 Å². The number of aromatic nitrogens is 2. The predicted molar refractivity (Wildman–Crippen MR) is 70.7 cm³/mol. The first kappa shape index (κ1) is 17.7. The fourth-order valence-corrected chi connectivity index (χ4v) is 3.83. The van der Waals surface area contributed by atoms with Crippen molar-refractivity contribution >= 4 is 15.7 Å². The van der Waals surface area contributed by atoms with Gasteiger partial charge in [-0.3, -0.25) is 4.68 Å². The van der Waals surface area contributed by atoms with Crippen LogP contribution in [-0.2, 0) is 16.6 Å². The van der Waals surface area contributed by atoms with E-state index >= 15 is 0 Å². The summed E-state index contributed by atoms with van der Waals surface area (Å²) in [6, 6.07) is 0. The van der Waals surface area contributed by atoms with Gasteiger partial charge < -0.3 is 5.11 Å². The minimum absolute atomic E-state index is 0.116. The molecule has 0 bridgehead atoms. The van der Waals surface area contributed by atoms with Gasteiger partial charge in [0.25, 0.3) is 22.9 Å². The lowest BCUT2D eigenvalue weighted by Gasteiger charge is -2.30. The molecule has 1 aliphatic heterocycles. The number of hydrogen-bond acceptors (Lipinski definition) is 5. The SMILES string of the molecule is CCn1ncc(S(=O)(=O)N2N=C(C(F)F)C[C@]2(O)C(F)F)c1C. The van der Waals surface area contributed by atoms with Crippen LogP contribution in [0.1, 0.15) is 19.0 Å². The predicted octanol–water partition coefficient (Wildman–Crippen LogP) is 1.18. The second-order valence-electron chi connectivity index (χ2n) is 4.91. The lowest BCUT2D eigenvalue weighted by atomic mass is 10.1. The fraction of sp³-hybridized carbons (Fsp3) is 0.636.